The molecule has 0 radical (unpaired) electrons. The zero-order valence-electron chi connectivity index (χ0n) is 24.2. The first-order valence-corrected chi connectivity index (χ1v) is 15.3. The van der Waals surface area contributed by atoms with Crippen molar-refractivity contribution in [3.05, 3.63) is 152 Å². The molecule has 3 heterocycles. The molecule has 3 nitrogen and oxygen atoms in total. The normalized spacial score (nSPS) is 12.0. The number of rotatable bonds is 3. The standard InChI is InChI=1S/C42H25NO2/c1-4-14-35-30(9-1)34-25-28(23-24-36(34)43(35)37-15-8-18-40-41(37)33-11-3-6-17-39(33)44-40)26-19-21-27(22-20-26)29-12-7-13-32-31-10-2-5-16-38(31)45-42(29)32/h1-25H. The Morgan fingerprint density at radius 2 is 1.00 bits per heavy atom. The Balaban J connectivity index is 1.12. The number of para-hydroxylation sites is 4. The molecule has 3 aromatic heterocycles. The maximum atomic E-state index is 6.32. The van der Waals surface area contributed by atoms with Gasteiger partial charge in [0.1, 0.15) is 22.3 Å². The van der Waals surface area contributed by atoms with Gasteiger partial charge in [-0.1, -0.05) is 109 Å². The van der Waals surface area contributed by atoms with Crippen molar-refractivity contribution in [3.8, 4) is 27.9 Å². The second-order valence-electron chi connectivity index (χ2n) is 11.7. The van der Waals surface area contributed by atoms with Gasteiger partial charge in [-0.3, -0.25) is 0 Å². The molecule has 210 valence electrons. The SMILES string of the molecule is c1ccc2c(c1)oc1c(-c3ccc(-c4ccc5c(c4)c4ccccc4n5-c4cccc5oc6ccccc6c45)cc3)cccc12. The summed E-state index contributed by atoms with van der Waals surface area (Å²) >= 11 is 0. The van der Waals surface area contributed by atoms with Gasteiger partial charge >= 0.3 is 0 Å². The highest BCUT2D eigenvalue weighted by Crippen LogP contribution is 2.40. The number of benzene rings is 7. The number of hydrogen-bond acceptors (Lipinski definition) is 2. The second-order valence-corrected chi connectivity index (χ2v) is 11.7. The van der Waals surface area contributed by atoms with Gasteiger partial charge in [0, 0.05) is 32.5 Å². The van der Waals surface area contributed by atoms with Crippen LogP contribution in [-0.4, -0.2) is 4.57 Å². The Bertz CT molecular complexity index is 2760. The minimum atomic E-state index is 0.898. The quantitative estimate of drug-likeness (QED) is 0.210. The minimum Gasteiger partial charge on any atom is -0.456 e. The van der Waals surface area contributed by atoms with Gasteiger partial charge in [0.2, 0.25) is 0 Å². The van der Waals surface area contributed by atoms with Gasteiger partial charge in [0.25, 0.3) is 0 Å². The lowest BCUT2D eigenvalue weighted by Crippen LogP contribution is -1.94. The van der Waals surface area contributed by atoms with Crippen molar-refractivity contribution in [2.45, 2.75) is 0 Å². The van der Waals surface area contributed by atoms with Gasteiger partial charge in [0.15, 0.2) is 0 Å². The minimum absolute atomic E-state index is 0.898. The van der Waals surface area contributed by atoms with Crippen molar-refractivity contribution in [3.63, 3.8) is 0 Å². The zero-order valence-corrected chi connectivity index (χ0v) is 24.2. The van der Waals surface area contributed by atoms with Crippen molar-refractivity contribution < 1.29 is 8.83 Å². The van der Waals surface area contributed by atoms with Crippen LogP contribution in [0.5, 0.6) is 0 Å². The van der Waals surface area contributed by atoms with Crippen LogP contribution in [-0.2, 0) is 0 Å². The third kappa shape index (κ3) is 3.52. The summed E-state index contributed by atoms with van der Waals surface area (Å²) in [5, 5.41) is 7.01. The van der Waals surface area contributed by atoms with Crippen molar-refractivity contribution >= 4 is 65.7 Å². The topological polar surface area (TPSA) is 31.2 Å². The van der Waals surface area contributed by atoms with Gasteiger partial charge in [-0.25, -0.2) is 0 Å². The third-order valence-corrected chi connectivity index (χ3v) is 9.23. The molecule has 0 bridgehead atoms. The molecule has 0 saturated carbocycles. The van der Waals surface area contributed by atoms with Gasteiger partial charge < -0.3 is 13.4 Å². The van der Waals surface area contributed by atoms with Crippen LogP contribution < -0.4 is 0 Å². The molecule has 0 aliphatic carbocycles. The Hall–Kier alpha value is -6.06. The number of nitrogens with zero attached hydrogens (tertiary/aromatic N) is 1. The summed E-state index contributed by atoms with van der Waals surface area (Å²) in [5.41, 5.74) is 11.7. The van der Waals surface area contributed by atoms with Gasteiger partial charge in [-0.05, 0) is 59.2 Å². The van der Waals surface area contributed by atoms with E-state index < -0.39 is 0 Å². The molecule has 0 unspecified atom stereocenters. The molecule has 7 aromatic carbocycles. The van der Waals surface area contributed by atoms with Crippen LogP contribution in [0.3, 0.4) is 0 Å². The number of aromatic nitrogens is 1. The molecule has 0 spiro atoms. The van der Waals surface area contributed by atoms with E-state index >= 15 is 0 Å². The number of furan rings is 2. The van der Waals surface area contributed by atoms with E-state index in [1.807, 2.05) is 24.3 Å². The molecular weight excluding hydrogens is 550 g/mol. The van der Waals surface area contributed by atoms with Gasteiger partial charge in [0.05, 0.1) is 22.1 Å². The summed E-state index contributed by atoms with van der Waals surface area (Å²) in [6.07, 6.45) is 0. The fourth-order valence-electron chi connectivity index (χ4n) is 7.17. The Morgan fingerprint density at radius 3 is 1.87 bits per heavy atom. The van der Waals surface area contributed by atoms with E-state index in [2.05, 4.69) is 132 Å². The lowest BCUT2D eigenvalue weighted by Gasteiger charge is -2.10. The van der Waals surface area contributed by atoms with Crippen LogP contribution in [0.25, 0.3) is 93.6 Å². The highest BCUT2D eigenvalue weighted by atomic mass is 16.3. The largest absolute Gasteiger partial charge is 0.456 e. The Kier molecular flexibility index (Phi) is 5.00. The molecule has 0 aliphatic heterocycles. The highest BCUT2D eigenvalue weighted by molar-refractivity contribution is 6.15. The fraction of sp³-hybridized carbons (Fsp3) is 0. The third-order valence-electron chi connectivity index (χ3n) is 9.23. The molecule has 10 aromatic rings. The van der Waals surface area contributed by atoms with Crippen molar-refractivity contribution in [2.24, 2.45) is 0 Å². The van der Waals surface area contributed by atoms with Crippen LogP contribution in [0.15, 0.2) is 160 Å². The molecule has 0 fully saturated rings. The summed E-state index contributed by atoms with van der Waals surface area (Å²) in [6, 6.07) is 53.6. The molecule has 0 atom stereocenters. The van der Waals surface area contributed by atoms with E-state index in [-0.39, 0.29) is 0 Å². The van der Waals surface area contributed by atoms with E-state index in [0.29, 0.717) is 0 Å². The molecular formula is C42H25NO2. The Morgan fingerprint density at radius 1 is 0.378 bits per heavy atom. The van der Waals surface area contributed by atoms with Crippen molar-refractivity contribution in [2.75, 3.05) is 0 Å². The lowest BCUT2D eigenvalue weighted by molar-refractivity contribution is 0.668. The second kappa shape index (κ2) is 9.22. The molecule has 0 amide bonds. The maximum Gasteiger partial charge on any atom is 0.143 e. The van der Waals surface area contributed by atoms with Crippen LogP contribution in [0, 0.1) is 0 Å². The molecule has 3 heteroatoms. The first-order valence-electron chi connectivity index (χ1n) is 15.3. The summed E-state index contributed by atoms with van der Waals surface area (Å²) in [6.45, 7) is 0. The molecule has 10 rings (SSSR count). The lowest BCUT2D eigenvalue weighted by atomic mass is 9.98. The summed E-state index contributed by atoms with van der Waals surface area (Å²) in [5.74, 6) is 0. The predicted octanol–water partition coefficient (Wildman–Crippen LogP) is 11.9. The summed E-state index contributed by atoms with van der Waals surface area (Å²) in [7, 11) is 0. The smallest absolute Gasteiger partial charge is 0.143 e. The summed E-state index contributed by atoms with van der Waals surface area (Å²) < 4.78 is 15.0. The highest BCUT2D eigenvalue weighted by Gasteiger charge is 2.18. The van der Waals surface area contributed by atoms with E-state index in [9.17, 15) is 0 Å². The molecule has 0 aliphatic rings. The zero-order chi connectivity index (χ0) is 29.5. The number of hydrogen-bond donors (Lipinski definition) is 0. The van der Waals surface area contributed by atoms with Crippen molar-refractivity contribution in [1.82, 2.24) is 4.57 Å². The average molecular weight is 576 g/mol. The van der Waals surface area contributed by atoms with E-state index in [1.54, 1.807) is 0 Å². The van der Waals surface area contributed by atoms with Crippen LogP contribution in [0.1, 0.15) is 0 Å². The molecule has 0 N–H and O–H groups in total. The molecule has 45 heavy (non-hydrogen) atoms. The Labute approximate surface area is 258 Å². The first-order chi connectivity index (χ1) is 22.3. The van der Waals surface area contributed by atoms with Crippen LogP contribution in [0.4, 0.5) is 0 Å². The van der Waals surface area contributed by atoms with Crippen LogP contribution in [0.2, 0.25) is 0 Å². The van der Waals surface area contributed by atoms with E-state index in [0.717, 1.165) is 60.7 Å². The average Bonchev–Trinajstić information content (AvgIpc) is 3.78. The van der Waals surface area contributed by atoms with E-state index in [1.165, 1.54) is 32.9 Å². The maximum absolute atomic E-state index is 6.32. The van der Waals surface area contributed by atoms with Crippen molar-refractivity contribution in [1.29, 1.82) is 0 Å². The van der Waals surface area contributed by atoms with Gasteiger partial charge in [-0.2, -0.15) is 0 Å². The fourth-order valence-corrected chi connectivity index (χ4v) is 7.17. The van der Waals surface area contributed by atoms with Gasteiger partial charge in [-0.15, -0.1) is 0 Å². The molecule has 0 saturated heterocycles. The monoisotopic (exact) mass is 575 g/mol. The van der Waals surface area contributed by atoms with Crippen LogP contribution >= 0.6 is 0 Å². The summed E-state index contributed by atoms with van der Waals surface area (Å²) in [4.78, 5) is 0. The number of fused-ring (bicyclic) bond motifs is 9. The predicted molar refractivity (Wildman–Crippen MR) is 186 cm³/mol. The van der Waals surface area contributed by atoms with E-state index in [4.69, 9.17) is 8.83 Å². The first kappa shape index (κ1) is 24.4.